The molecule has 1 aliphatic heterocycles. The number of fused-ring (bicyclic) bond motifs is 1. The maximum atomic E-state index is 5.47. The van der Waals surface area contributed by atoms with Crippen LogP contribution in [0.3, 0.4) is 0 Å². The summed E-state index contributed by atoms with van der Waals surface area (Å²) in [6.45, 7) is 1.77. The van der Waals surface area contributed by atoms with Crippen molar-refractivity contribution in [2.24, 2.45) is 5.92 Å². The molecule has 1 unspecified atom stereocenters. The average molecular weight is 264 g/mol. The van der Waals surface area contributed by atoms with Crippen LogP contribution in [0.5, 0.6) is 0 Å². The number of nitrogens with one attached hydrogen (secondary N) is 1. The van der Waals surface area contributed by atoms with Crippen molar-refractivity contribution >= 4 is 12.2 Å². The van der Waals surface area contributed by atoms with Crippen molar-refractivity contribution < 1.29 is 4.74 Å². The quantitative estimate of drug-likeness (QED) is 0.659. The fraction of sp³-hybridized carbons (Fsp3) is 0.714. The summed E-state index contributed by atoms with van der Waals surface area (Å²) >= 11 is 5.47. The van der Waals surface area contributed by atoms with E-state index in [1.165, 1.54) is 30.5 Å². The van der Waals surface area contributed by atoms with Crippen molar-refractivity contribution in [2.75, 3.05) is 13.2 Å². The molecule has 3 rings (SSSR count). The van der Waals surface area contributed by atoms with Crippen LogP contribution in [0.1, 0.15) is 42.8 Å². The third kappa shape index (κ3) is 2.64. The Kier molecular flexibility index (Phi) is 3.75. The van der Waals surface area contributed by atoms with Gasteiger partial charge in [-0.05, 0) is 38.0 Å². The smallest absolute Gasteiger partial charge is 0.133 e. The first-order chi connectivity index (χ1) is 8.83. The lowest BCUT2D eigenvalue weighted by atomic mass is 10.0. The van der Waals surface area contributed by atoms with E-state index in [0.29, 0.717) is 5.92 Å². The fourth-order valence-corrected chi connectivity index (χ4v) is 3.30. The Bertz CT molecular complexity index is 477. The lowest BCUT2D eigenvalue weighted by molar-refractivity contribution is 0.185. The van der Waals surface area contributed by atoms with Crippen LogP contribution in [0, 0.1) is 10.6 Å². The van der Waals surface area contributed by atoms with Gasteiger partial charge in [0.15, 0.2) is 0 Å². The topological polar surface area (TPSA) is 37.9 Å². The number of hydrogen-bond acceptors (Lipinski definition) is 3. The van der Waals surface area contributed by atoms with E-state index in [9.17, 15) is 0 Å². The normalized spacial score (nSPS) is 23.7. The van der Waals surface area contributed by atoms with Crippen molar-refractivity contribution in [3.8, 4) is 0 Å². The number of ether oxygens (including phenoxy) is 1. The van der Waals surface area contributed by atoms with Gasteiger partial charge in [-0.15, -0.1) is 0 Å². The summed E-state index contributed by atoms with van der Waals surface area (Å²) in [5, 5.41) is 0. The van der Waals surface area contributed by atoms with Crippen LogP contribution in [0.25, 0.3) is 0 Å². The zero-order valence-corrected chi connectivity index (χ0v) is 11.5. The van der Waals surface area contributed by atoms with Crippen molar-refractivity contribution in [1.82, 2.24) is 9.97 Å². The number of nitrogens with zero attached hydrogens (tertiary/aromatic N) is 1. The summed E-state index contributed by atoms with van der Waals surface area (Å²) < 4.78 is 6.26. The van der Waals surface area contributed by atoms with Crippen molar-refractivity contribution in [2.45, 2.75) is 44.9 Å². The minimum atomic E-state index is 0.618. The van der Waals surface area contributed by atoms with Gasteiger partial charge in [-0.25, -0.2) is 4.98 Å². The largest absolute Gasteiger partial charge is 0.381 e. The van der Waals surface area contributed by atoms with E-state index in [1.54, 1.807) is 0 Å². The van der Waals surface area contributed by atoms with Crippen molar-refractivity contribution in [3.63, 3.8) is 0 Å². The molecule has 1 aromatic rings. The maximum Gasteiger partial charge on any atom is 0.133 e. The first-order valence-corrected chi connectivity index (χ1v) is 7.42. The van der Waals surface area contributed by atoms with Gasteiger partial charge in [0.25, 0.3) is 0 Å². The third-order valence-corrected chi connectivity index (χ3v) is 4.35. The Morgan fingerprint density at radius 3 is 3.00 bits per heavy atom. The van der Waals surface area contributed by atoms with Gasteiger partial charge in [0.05, 0.1) is 0 Å². The van der Waals surface area contributed by atoms with E-state index < -0.39 is 0 Å². The molecular weight excluding hydrogens is 244 g/mol. The molecule has 2 heterocycles. The van der Waals surface area contributed by atoms with Gasteiger partial charge >= 0.3 is 0 Å². The number of aromatic amines is 1. The zero-order chi connectivity index (χ0) is 12.4. The molecule has 1 N–H and O–H groups in total. The zero-order valence-electron chi connectivity index (χ0n) is 10.7. The molecule has 1 aliphatic carbocycles. The lowest BCUT2D eigenvalue weighted by Crippen LogP contribution is -2.10. The minimum Gasteiger partial charge on any atom is -0.381 e. The van der Waals surface area contributed by atoms with Gasteiger partial charge in [-0.2, -0.15) is 0 Å². The summed E-state index contributed by atoms with van der Waals surface area (Å²) in [4.78, 5) is 8.13. The van der Waals surface area contributed by atoms with Gasteiger partial charge in [0, 0.05) is 30.9 Å². The van der Waals surface area contributed by atoms with Crippen LogP contribution in [-0.4, -0.2) is 23.2 Å². The highest BCUT2D eigenvalue weighted by molar-refractivity contribution is 7.71. The molecular formula is C14H20N2OS. The maximum absolute atomic E-state index is 5.47. The SMILES string of the molecule is S=c1nc(CC2CCOC2)[nH]c2c1CCCCC2. The van der Waals surface area contributed by atoms with Crippen LogP contribution >= 0.6 is 12.2 Å². The third-order valence-electron chi connectivity index (χ3n) is 4.01. The molecule has 2 aliphatic rings. The van der Waals surface area contributed by atoms with E-state index in [2.05, 4.69) is 9.97 Å². The van der Waals surface area contributed by atoms with Gasteiger partial charge < -0.3 is 9.72 Å². The molecule has 0 radical (unpaired) electrons. The standard InChI is InChI=1S/C14H20N2OS/c18-14-11-4-2-1-3-5-12(11)15-13(16-14)8-10-6-7-17-9-10/h10H,1-9H2,(H,15,16,18). The predicted molar refractivity (Wildman–Crippen MR) is 73.3 cm³/mol. The van der Waals surface area contributed by atoms with Gasteiger partial charge in [-0.1, -0.05) is 18.6 Å². The highest BCUT2D eigenvalue weighted by atomic mass is 32.1. The monoisotopic (exact) mass is 264 g/mol. The molecule has 3 nitrogen and oxygen atoms in total. The summed E-state index contributed by atoms with van der Waals surface area (Å²) in [6, 6.07) is 0. The van der Waals surface area contributed by atoms with Crippen LogP contribution in [0.4, 0.5) is 0 Å². The van der Waals surface area contributed by atoms with E-state index >= 15 is 0 Å². The molecule has 0 saturated carbocycles. The molecule has 98 valence electrons. The molecule has 1 atom stereocenters. The van der Waals surface area contributed by atoms with E-state index in [-0.39, 0.29) is 0 Å². The van der Waals surface area contributed by atoms with Gasteiger partial charge in [0.1, 0.15) is 10.5 Å². The van der Waals surface area contributed by atoms with Crippen LogP contribution in [0.2, 0.25) is 0 Å². The lowest BCUT2D eigenvalue weighted by Gasteiger charge is -2.11. The second kappa shape index (κ2) is 5.49. The highest BCUT2D eigenvalue weighted by Crippen LogP contribution is 2.21. The number of aromatic nitrogens is 2. The number of rotatable bonds is 2. The van der Waals surface area contributed by atoms with E-state index in [1.807, 2.05) is 0 Å². The number of H-pyrrole nitrogens is 1. The van der Waals surface area contributed by atoms with Crippen molar-refractivity contribution in [3.05, 3.63) is 21.7 Å². The first-order valence-electron chi connectivity index (χ1n) is 7.01. The summed E-state index contributed by atoms with van der Waals surface area (Å²) in [5.74, 6) is 1.68. The molecule has 4 heteroatoms. The molecule has 0 aromatic carbocycles. The Balaban J connectivity index is 1.85. The average Bonchev–Trinajstić information content (AvgIpc) is 2.73. The summed E-state index contributed by atoms with van der Waals surface area (Å²) in [5.41, 5.74) is 2.65. The van der Waals surface area contributed by atoms with Gasteiger partial charge in [0.2, 0.25) is 0 Å². The molecule has 0 spiro atoms. The van der Waals surface area contributed by atoms with Crippen LogP contribution in [0.15, 0.2) is 0 Å². The number of hydrogen-bond donors (Lipinski definition) is 1. The molecule has 1 aromatic heterocycles. The highest BCUT2D eigenvalue weighted by Gasteiger charge is 2.18. The Morgan fingerprint density at radius 2 is 2.17 bits per heavy atom. The molecule has 1 saturated heterocycles. The second-order valence-electron chi connectivity index (χ2n) is 5.44. The summed E-state index contributed by atoms with van der Waals surface area (Å²) in [6.07, 6.45) is 8.20. The Labute approximate surface area is 113 Å². The van der Waals surface area contributed by atoms with Crippen LogP contribution < -0.4 is 0 Å². The van der Waals surface area contributed by atoms with Crippen LogP contribution in [-0.2, 0) is 24.0 Å². The molecule has 0 amide bonds. The Morgan fingerprint density at radius 1 is 1.28 bits per heavy atom. The second-order valence-corrected chi connectivity index (χ2v) is 5.83. The number of aryl methyl sites for hydroxylation is 1. The summed E-state index contributed by atoms with van der Waals surface area (Å²) in [7, 11) is 0. The molecule has 18 heavy (non-hydrogen) atoms. The van der Waals surface area contributed by atoms with E-state index in [0.717, 1.165) is 49.4 Å². The van der Waals surface area contributed by atoms with Gasteiger partial charge in [-0.3, -0.25) is 0 Å². The Hall–Kier alpha value is -0.740. The minimum absolute atomic E-state index is 0.618. The van der Waals surface area contributed by atoms with E-state index in [4.69, 9.17) is 17.0 Å². The van der Waals surface area contributed by atoms with Crippen molar-refractivity contribution in [1.29, 1.82) is 0 Å². The molecule has 0 bridgehead atoms. The fourth-order valence-electron chi connectivity index (χ4n) is 2.96. The predicted octanol–water partition coefficient (Wildman–Crippen LogP) is 2.99. The first kappa shape index (κ1) is 12.3. The molecule has 1 fully saturated rings.